The molecule has 1 fully saturated rings. The van der Waals surface area contributed by atoms with E-state index in [4.69, 9.17) is 4.74 Å². The Labute approximate surface area is 170 Å². The topological polar surface area (TPSA) is 26.3 Å². The maximum absolute atomic E-state index is 11.9. The summed E-state index contributed by atoms with van der Waals surface area (Å²) in [7, 11) is 0. The molecule has 152 valence electrons. The molecule has 1 atom stereocenters. The first kappa shape index (κ1) is 20.9. The summed E-state index contributed by atoms with van der Waals surface area (Å²) in [5, 5.41) is 2.39. The highest BCUT2D eigenvalue weighted by atomic mass is 16.5. The molecule has 0 spiro atoms. The van der Waals surface area contributed by atoms with Crippen molar-refractivity contribution in [1.82, 2.24) is 0 Å². The molecule has 2 heteroatoms. The van der Waals surface area contributed by atoms with Gasteiger partial charge in [-0.1, -0.05) is 57.9 Å². The molecule has 0 saturated heterocycles. The van der Waals surface area contributed by atoms with Gasteiger partial charge in [0.05, 0.1) is 0 Å². The predicted octanol–water partition coefficient (Wildman–Crippen LogP) is 7.65. The van der Waals surface area contributed by atoms with E-state index in [9.17, 15) is 4.79 Å². The largest absolute Gasteiger partial charge is 0.427 e. The standard InChI is InChI=1S/C26H36O2/c1-4-6-7-26(27)28-25-15-14-23-17-22(12-13-24(23)18-25)21-10-8-20(9-11-21)16-19(3)5-2/h12-15,17-21H,4-11,16H2,1-3H3/t19?,20-,21-. The Morgan fingerprint density at radius 2 is 1.75 bits per heavy atom. The lowest BCUT2D eigenvalue weighted by molar-refractivity contribution is -0.134. The SMILES string of the molecule is CCCCC(=O)Oc1ccc2cc([C@H]3CC[C@H](CC(C)CC)CC3)ccc2c1. The van der Waals surface area contributed by atoms with Gasteiger partial charge in [-0.2, -0.15) is 0 Å². The van der Waals surface area contributed by atoms with Gasteiger partial charge < -0.3 is 4.74 Å². The van der Waals surface area contributed by atoms with Crippen LogP contribution in [0.4, 0.5) is 0 Å². The third-order valence-electron chi connectivity index (χ3n) is 6.55. The van der Waals surface area contributed by atoms with Crippen molar-refractivity contribution >= 4 is 16.7 Å². The van der Waals surface area contributed by atoms with Crippen molar-refractivity contribution in [3.05, 3.63) is 42.0 Å². The first-order valence-corrected chi connectivity index (χ1v) is 11.3. The summed E-state index contributed by atoms with van der Waals surface area (Å²) in [6.07, 6.45) is 10.5. The molecule has 2 aromatic carbocycles. The number of carbonyl (C=O) groups excluding carboxylic acids is 1. The molecule has 0 N–H and O–H groups in total. The molecule has 0 aromatic heterocycles. The fourth-order valence-electron chi connectivity index (χ4n) is 4.53. The van der Waals surface area contributed by atoms with Crippen LogP contribution >= 0.6 is 0 Å². The molecule has 1 unspecified atom stereocenters. The quantitative estimate of drug-likeness (QED) is 0.347. The smallest absolute Gasteiger partial charge is 0.311 e. The van der Waals surface area contributed by atoms with Crippen LogP contribution in [0.25, 0.3) is 10.8 Å². The van der Waals surface area contributed by atoms with Crippen molar-refractivity contribution < 1.29 is 9.53 Å². The van der Waals surface area contributed by atoms with Gasteiger partial charge in [0.1, 0.15) is 5.75 Å². The zero-order valence-corrected chi connectivity index (χ0v) is 17.9. The highest BCUT2D eigenvalue weighted by Crippen LogP contribution is 2.39. The Morgan fingerprint density at radius 1 is 1.04 bits per heavy atom. The van der Waals surface area contributed by atoms with E-state index in [1.54, 1.807) is 0 Å². The minimum absolute atomic E-state index is 0.132. The summed E-state index contributed by atoms with van der Waals surface area (Å²) in [5.41, 5.74) is 1.47. The van der Waals surface area contributed by atoms with E-state index in [0.717, 1.165) is 30.1 Å². The van der Waals surface area contributed by atoms with Gasteiger partial charge in [0.15, 0.2) is 0 Å². The molecule has 0 heterocycles. The van der Waals surface area contributed by atoms with E-state index in [1.165, 1.54) is 49.5 Å². The third-order valence-corrected chi connectivity index (χ3v) is 6.55. The monoisotopic (exact) mass is 380 g/mol. The van der Waals surface area contributed by atoms with E-state index in [2.05, 4.69) is 45.0 Å². The van der Waals surface area contributed by atoms with Crippen molar-refractivity contribution in [3.63, 3.8) is 0 Å². The van der Waals surface area contributed by atoms with Crippen LogP contribution in [0, 0.1) is 11.8 Å². The second-order valence-corrected chi connectivity index (χ2v) is 8.81. The van der Waals surface area contributed by atoms with Crippen molar-refractivity contribution in [2.45, 2.75) is 84.5 Å². The summed E-state index contributed by atoms with van der Waals surface area (Å²) < 4.78 is 5.48. The normalized spacial score (nSPS) is 20.8. The molecule has 0 radical (unpaired) electrons. The van der Waals surface area contributed by atoms with Crippen LogP contribution in [-0.2, 0) is 4.79 Å². The Kier molecular flexibility index (Phi) is 7.53. The second kappa shape index (κ2) is 10.1. The molecule has 1 saturated carbocycles. The Balaban J connectivity index is 1.62. The third kappa shape index (κ3) is 5.59. The van der Waals surface area contributed by atoms with Gasteiger partial charge in [0, 0.05) is 6.42 Å². The first-order valence-electron chi connectivity index (χ1n) is 11.3. The summed E-state index contributed by atoms with van der Waals surface area (Å²) >= 11 is 0. The molecule has 1 aliphatic carbocycles. The molecule has 28 heavy (non-hydrogen) atoms. The van der Waals surface area contributed by atoms with Gasteiger partial charge in [-0.05, 0) is 84.7 Å². The summed E-state index contributed by atoms with van der Waals surface area (Å²) in [5.74, 6) is 3.02. The fourth-order valence-corrected chi connectivity index (χ4v) is 4.53. The lowest BCUT2D eigenvalue weighted by Crippen LogP contribution is -2.15. The summed E-state index contributed by atoms with van der Waals surface area (Å²) in [6, 6.07) is 12.8. The van der Waals surface area contributed by atoms with E-state index in [0.29, 0.717) is 18.1 Å². The fraction of sp³-hybridized carbons (Fsp3) is 0.577. The van der Waals surface area contributed by atoms with Crippen molar-refractivity contribution in [1.29, 1.82) is 0 Å². The molecule has 0 aliphatic heterocycles. The van der Waals surface area contributed by atoms with Crippen molar-refractivity contribution in [2.75, 3.05) is 0 Å². The van der Waals surface area contributed by atoms with E-state index >= 15 is 0 Å². The van der Waals surface area contributed by atoms with Crippen LogP contribution in [0.2, 0.25) is 0 Å². The van der Waals surface area contributed by atoms with Crippen LogP contribution < -0.4 is 4.74 Å². The maximum Gasteiger partial charge on any atom is 0.311 e. The molecule has 2 nitrogen and oxygen atoms in total. The highest BCUT2D eigenvalue weighted by Gasteiger charge is 2.23. The number of hydrogen-bond donors (Lipinski definition) is 0. The van der Waals surface area contributed by atoms with Gasteiger partial charge >= 0.3 is 5.97 Å². The Hall–Kier alpha value is -1.83. The molecule has 3 rings (SSSR count). The number of carbonyl (C=O) groups is 1. The Bertz CT molecular complexity index is 771. The minimum atomic E-state index is -0.132. The maximum atomic E-state index is 11.9. The van der Waals surface area contributed by atoms with Crippen LogP contribution in [0.15, 0.2) is 36.4 Å². The van der Waals surface area contributed by atoms with Crippen molar-refractivity contribution in [3.8, 4) is 5.75 Å². The summed E-state index contributed by atoms with van der Waals surface area (Å²) in [6.45, 7) is 6.78. The number of rotatable bonds is 8. The molecular weight excluding hydrogens is 344 g/mol. The lowest BCUT2D eigenvalue weighted by Gasteiger charge is -2.30. The molecule has 2 aromatic rings. The van der Waals surface area contributed by atoms with Crippen LogP contribution in [0.5, 0.6) is 5.75 Å². The predicted molar refractivity (Wildman–Crippen MR) is 118 cm³/mol. The zero-order chi connectivity index (χ0) is 19.9. The average Bonchev–Trinajstić information content (AvgIpc) is 2.72. The number of hydrogen-bond acceptors (Lipinski definition) is 2. The molecule has 1 aliphatic rings. The molecule has 0 amide bonds. The number of benzene rings is 2. The lowest BCUT2D eigenvalue weighted by atomic mass is 9.75. The van der Waals surface area contributed by atoms with Gasteiger partial charge in [-0.15, -0.1) is 0 Å². The van der Waals surface area contributed by atoms with E-state index in [-0.39, 0.29) is 5.97 Å². The highest BCUT2D eigenvalue weighted by molar-refractivity contribution is 5.85. The van der Waals surface area contributed by atoms with Gasteiger partial charge in [0.25, 0.3) is 0 Å². The van der Waals surface area contributed by atoms with Gasteiger partial charge in [0.2, 0.25) is 0 Å². The number of esters is 1. The summed E-state index contributed by atoms with van der Waals surface area (Å²) in [4.78, 5) is 11.9. The van der Waals surface area contributed by atoms with E-state index < -0.39 is 0 Å². The van der Waals surface area contributed by atoms with Gasteiger partial charge in [-0.25, -0.2) is 0 Å². The number of fused-ring (bicyclic) bond motifs is 1. The van der Waals surface area contributed by atoms with Gasteiger partial charge in [-0.3, -0.25) is 4.79 Å². The average molecular weight is 381 g/mol. The Morgan fingerprint density at radius 3 is 2.46 bits per heavy atom. The van der Waals surface area contributed by atoms with Crippen LogP contribution in [-0.4, -0.2) is 5.97 Å². The second-order valence-electron chi connectivity index (χ2n) is 8.81. The molecule has 0 bridgehead atoms. The first-order chi connectivity index (χ1) is 13.6. The van der Waals surface area contributed by atoms with Crippen LogP contribution in [0.3, 0.4) is 0 Å². The number of unbranched alkanes of at least 4 members (excludes halogenated alkanes) is 1. The minimum Gasteiger partial charge on any atom is -0.427 e. The van der Waals surface area contributed by atoms with E-state index in [1.807, 2.05) is 12.1 Å². The molecular formula is C26H36O2. The zero-order valence-electron chi connectivity index (χ0n) is 17.9. The van der Waals surface area contributed by atoms with Crippen LogP contribution in [0.1, 0.15) is 90.0 Å². The van der Waals surface area contributed by atoms with Crippen molar-refractivity contribution in [2.24, 2.45) is 11.8 Å². The number of ether oxygens (including phenoxy) is 1.